The van der Waals surface area contributed by atoms with E-state index in [0.29, 0.717) is 18.0 Å². The zero-order valence-electron chi connectivity index (χ0n) is 12.5. The summed E-state index contributed by atoms with van der Waals surface area (Å²) in [5.74, 6) is 0.476. The Morgan fingerprint density at radius 1 is 1.35 bits per heavy atom. The van der Waals surface area contributed by atoms with Gasteiger partial charge in [0.1, 0.15) is 5.03 Å². The number of nitrogens with one attached hydrogen (secondary N) is 1. The first-order valence-corrected chi connectivity index (χ1v) is 9.17. The molecule has 1 amide bonds. The number of carbonyl (C=O) groups excluding carboxylic acids is 1. The smallest absolute Gasteiger partial charge is 0.252 e. The van der Waals surface area contributed by atoms with E-state index >= 15 is 0 Å². The second-order valence-electron chi connectivity index (χ2n) is 5.57. The molecule has 6 heteroatoms. The number of rotatable bonds is 6. The van der Waals surface area contributed by atoms with Crippen LogP contribution in [0, 0.1) is 5.92 Å². The minimum atomic E-state index is -0.0624. The fourth-order valence-corrected chi connectivity index (χ4v) is 3.51. The van der Waals surface area contributed by atoms with Crippen molar-refractivity contribution in [3.05, 3.63) is 52.6 Å². The van der Waals surface area contributed by atoms with Gasteiger partial charge >= 0.3 is 0 Å². The minimum absolute atomic E-state index is 0.0624. The second-order valence-corrected chi connectivity index (χ2v) is 7.54. The molecule has 0 aliphatic heterocycles. The molecule has 0 saturated heterocycles. The maximum atomic E-state index is 12.6. The predicted octanol–water partition coefficient (Wildman–Crippen LogP) is 3.46. The van der Waals surface area contributed by atoms with Crippen LogP contribution in [0.15, 0.2) is 57.0 Å². The molecule has 3 N–H and O–H groups in total. The summed E-state index contributed by atoms with van der Waals surface area (Å²) < 4.78 is 0.933. The van der Waals surface area contributed by atoms with Gasteiger partial charge in [0.25, 0.3) is 5.91 Å². The highest BCUT2D eigenvalue weighted by Gasteiger charge is 2.31. The van der Waals surface area contributed by atoms with Crippen molar-refractivity contribution < 1.29 is 4.79 Å². The maximum Gasteiger partial charge on any atom is 0.252 e. The van der Waals surface area contributed by atoms with Gasteiger partial charge in [-0.3, -0.25) is 4.79 Å². The van der Waals surface area contributed by atoms with Crippen LogP contribution in [0.3, 0.4) is 0 Å². The molecule has 1 saturated carbocycles. The molecule has 120 valence electrons. The molecule has 1 atom stereocenters. The van der Waals surface area contributed by atoms with E-state index in [1.165, 1.54) is 11.8 Å². The Morgan fingerprint density at radius 2 is 2.13 bits per heavy atom. The molecule has 1 unspecified atom stereocenters. The summed E-state index contributed by atoms with van der Waals surface area (Å²) >= 11 is 4.86. The predicted molar refractivity (Wildman–Crippen MR) is 95.5 cm³/mol. The molecule has 4 nitrogen and oxygen atoms in total. The summed E-state index contributed by atoms with van der Waals surface area (Å²) in [6.07, 6.45) is 4.06. The van der Waals surface area contributed by atoms with Gasteiger partial charge in [-0.2, -0.15) is 0 Å². The van der Waals surface area contributed by atoms with Crippen molar-refractivity contribution in [1.29, 1.82) is 0 Å². The van der Waals surface area contributed by atoms with Gasteiger partial charge in [-0.25, -0.2) is 4.98 Å². The Kier molecular flexibility index (Phi) is 5.35. The summed E-state index contributed by atoms with van der Waals surface area (Å²) in [6, 6.07) is 11.5. The lowest BCUT2D eigenvalue weighted by molar-refractivity contribution is 0.0930. The molecule has 1 aromatic heterocycles. The van der Waals surface area contributed by atoms with E-state index in [1.54, 1.807) is 6.20 Å². The van der Waals surface area contributed by atoms with Gasteiger partial charge in [0, 0.05) is 28.2 Å². The van der Waals surface area contributed by atoms with E-state index < -0.39 is 0 Å². The molecule has 0 radical (unpaired) electrons. The van der Waals surface area contributed by atoms with Crippen LogP contribution >= 0.6 is 27.7 Å². The van der Waals surface area contributed by atoms with Gasteiger partial charge in [0.2, 0.25) is 0 Å². The third-order valence-electron chi connectivity index (χ3n) is 3.81. The SMILES string of the molecule is NCC(NC(=O)c1ccccc1Sc1ccc(Br)cn1)C1CC1. The van der Waals surface area contributed by atoms with E-state index in [4.69, 9.17) is 5.73 Å². The third-order valence-corrected chi connectivity index (χ3v) is 5.30. The Hall–Kier alpha value is -1.37. The Bertz CT molecular complexity index is 688. The minimum Gasteiger partial charge on any atom is -0.348 e. The second kappa shape index (κ2) is 7.47. The van der Waals surface area contributed by atoms with Gasteiger partial charge in [0.05, 0.1) is 5.56 Å². The maximum absolute atomic E-state index is 12.6. The molecule has 23 heavy (non-hydrogen) atoms. The van der Waals surface area contributed by atoms with Crippen LogP contribution in [0.4, 0.5) is 0 Å². The molecular formula is C17H18BrN3OS. The lowest BCUT2D eigenvalue weighted by Crippen LogP contribution is -2.41. The van der Waals surface area contributed by atoms with Crippen molar-refractivity contribution in [2.45, 2.75) is 28.8 Å². The summed E-state index contributed by atoms with van der Waals surface area (Å²) in [7, 11) is 0. The Labute approximate surface area is 148 Å². The molecular weight excluding hydrogens is 374 g/mol. The van der Waals surface area contributed by atoms with Crippen molar-refractivity contribution in [2.75, 3.05) is 6.54 Å². The standard InChI is InChI=1S/C17H18BrN3OS/c18-12-7-8-16(20-10-12)23-15-4-2-1-3-13(15)17(22)21-14(9-19)11-5-6-11/h1-4,7-8,10-11,14H,5-6,9,19H2,(H,21,22). The van der Waals surface area contributed by atoms with Gasteiger partial charge in [-0.15, -0.1) is 0 Å². The fraction of sp³-hybridized carbons (Fsp3) is 0.294. The van der Waals surface area contributed by atoms with Crippen LogP contribution in [0.5, 0.6) is 0 Å². The Balaban J connectivity index is 1.76. The molecule has 0 bridgehead atoms. The van der Waals surface area contributed by atoms with E-state index in [1.807, 2.05) is 36.4 Å². The largest absolute Gasteiger partial charge is 0.348 e. The highest BCUT2D eigenvalue weighted by atomic mass is 79.9. The number of aromatic nitrogens is 1. The number of carbonyl (C=O) groups is 1. The quantitative estimate of drug-likeness (QED) is 0.790. The van der Waals surface area contributed by atoms with Crippen molar-refractivity contribution in [1.82, 2.24) is 10.3 Å². The van der Waals surface area contributed by atoms with Crippen molar-refractivity contribution in [3.63, 3.8) is 0 Å². The van der Waals surface area contributed by atoms with E-state index in [9.17, 15) is 4.79 Å². The first-order valence-electron chi connectivity index (χ1n) is 7.56. The highest BCUT2D eigenvalue weighted by molar-refractivity contribution is 9.10. The average molecular weight is 392 g/mol. The molecule has 1 aliphatic carbocycles. The Morgan fingerprint density at radius 3 is 2.78 bits per heavy atom. The lowest BCUT2D eigenvalue weighted by atomic mass is 10.1. The van der Waals surface area contributed by atoms with Gasteiger partial charge in [-0.05, 0) is 59.0 Å². The van der Waals surface area contributed by atoms with Crippen molar-refractivity contribution in [3.8, 4) is 0 Å². The number of amides is 1. The zero-order chi connectivity index (χ0) is 16.2. The van der Waals surface area contributed by atoms with E-state index in [-0.39, 0.29) is 11.9 Å². The third kappa shape index (κ3) is 4.34. The summed E-state index contributed by atoms with van der Waals surface area (Å²) in [6.45, 7) is 0.486. The van der Waals surface area contributed by atoms with E-state index in [0.717, 1.165) is 27.2 Å². The molecule has 1 aliphatic rings. The normalized spacial score (nSPS) is 15.2. The number of nitrogens with two attached hydrogens (primary N) is 1. The topological polar surface area (TPSA) is 68.0 Å². The molecule has 2 aromatic rings. The first-order chi connectivity index (χ1) is 11.2. The average Bonchev–Trinajstić information content (AvgIpc) is 3.40. The highest BCUT2D eigenvalue weighted by Crippen LogP contribution is 2.33. The van der Waals surface area contributed by atoms with Gasteiger partial charge in [0.15, 0.2) is 0 Å². The molecule has 3 rings (SSSR count). The van der Waals surface area contributed by atoms with Crippen LogP contribution in [0.2, 0.25) is 0 Å². The number of hydrogen-bond acceptors (Lipinski definition) is 4. The van der Waals surface area contributed by atoms with Crippen LogP contribution < -0.4 is 11.1 Å². The van der Waals surface area contributed by atoms with Crippen LogP contribution in [0.1, 0.15) is 23.2 Å². The van der Waals surface area contributed by atoms with Gasteiger partial charge in [-0.1, -0.05) is 23.9 Å². The van der Waals surface area contributed by atoms with Crippen LogP contribution in [-0.2, 0) is 0 Å². The number of halogens is 1. The summed E-state index contributed by atoms with van der Waals surface area (Å²) in [4.78, 5) is 17.9. The molecule has 1 heterocycles. The molecule has 1 fully saturated rings. The monoisotopic (exact) mass is 391 g/mol. The molecule has 1 aromatic carbocycles. The van der Waals surface area contributed by atoms with Crippen LogP contribution in [-0.4, -0.2) is 23.5 Å². The number of benzene rings is 1. The summed E-state index contributed by atoms with van der Waals surface area (Å²) in [5, 5.41) is 3.93. The van der Waals surface area contributed by atoms with E-state index in [2.05, 4.69) is 26.2 Å². The van der Waals surface area contributed by atoms with Gasteiger partial charge < -0.3 is 11.1 Å². The lowest BCUT2D eigenvalue weighted by Gasteiger charge is -2.17. The summed E-state index contributed by atoms with van der Waals surface area (Å²) in [5.41, 5.74) is 6.45. The van der Waals surface area contributed by atoms with Crippen molar-refractivity contribution in [2.24, 2.45) is 11.7 Å². The number of nitrogens with zero attached hydrogens (tertiary/aromatic N) is 1. The first kappa shape index (κ1) is 16.5. The number of pyridine rings is 1. The molecule has 0 spiro atoms. The fourth-order valence-electron chi connectivity index (χ4n) is 2.39. The van der Waals surface area contributed by atoms with Crippen molar-refractivity contribution >= 4 is 33.6 Å². The number of hydrogen-bond donors (Lipinski definition) is 2. The van der Waals surface area contributed by atoms with Crippen LogP contribution in [0.25, 0.3) is 0 Å². The zero-order valence-corrected chi connectivity index (χ0v) is 14.9.